The fourth-order valence-electron chi connectivity index (χ4n) is 0.856. The van der Waals surface area contributed by atoms with Crippen LogP contribution in [0.25, 0.3) is 0 Å². The van der Waals surface area contributed by atoms with E-state index in [1.807, 2.05) is 0 Å². The number of hydrogen-bond acceptors (Lipinski definition) is 0. The van der Waals surface area contributed by atoms with E-state index < -0.39 is 0 Å². The minimum absolute atomic E-state index is 0. The molecule has 0 heterocycles. The molecule has 0 spiro atoms. The summed E-state index contributed by atoms with van der Waals surface area (Å²) in [6.45, 7) is 13.4. The maximum Gasteiger partial charge on any atom is 0 e. The second-order valence-corrected chi connectivity index (χ2v) is 10.1. The first-order valence-corrected chi connectivity index (χ1v) is 11.3. The fraction of sp³-hybridized carbons (Fsp3) is 0.714. The third-order valence-electron chi connectivity index (χ3n) is 1.33. The summed E-state index contributed by atoms with van der Waals surface area (Å²) >= 11 is 0. The Labute approximate surface area is 122 Å². The predicted molar refractivity (Wildman–Crippen MR) is 86.1 cm³/mol. The molecule has 0 amide bonds. The van der Waals surface area contributed by atoms with Gasteiger partial charge in [0.05, 0.1) is 0 Å². The van der Waals surface area contributed by atoms with Crippen LogP contribution in [-0.4, -0.2) is 40.0 Å². The molecule has 0 bridgehead atoms. The molecule has 1 radical (unpaired) electrons. The van der Waals surface area contributed by atoms with Crippen molar-refractivity contribution in [1.29, 1.82) is 0 Å². The van der Waals surface area contributed by atoms with Crippen molar-refractivity contribution < 1.29 is 16.8 Å². The zero-order valence-electron chi connectivity index (χ0n) is 12.4. The van der Waals surface area contributed by atoms with Crippen LogP contribution in [-0.2, 0) is 16.8 Å². The second-order valence-electron chi connectivity index (χ2n) is 4.78. The molecule has 0 aromatic heterocycles. The summed E-state index contributed by atoms with van der Waals surface area (Å²) in [7, 11) is 0.759. The molecule has 0 N–H and O–H groups in total. The van der Waals surface area contributed by atoms with Crippen LogP contribution in [0.5, 0.6) is 0 Å². The monoisotopic (exact) mass is 319 g/mol. The summed E-state index contributed by atoms with van der Waals surface area (Å²) in [5.74, 6) is 0. The van der Waals surface area contributed by atoms with Gasteiger partial charge in [-0.1, -0.05) is 24.3 Å². The summed E-state index contributed by atoms with van der Waals surface area (Å²) in [6.07, 6.45) is 14.0. The third kappa shape index (κ3) is 47.4. The molecular weight excluding hydrogens is 289 g/mol. The first kappa shape index (κ1) is 23.0. The number of hydrogen-bond donors (Lipinski definition) is 0. The van der Waals surface area contributed by atoms with Gasteiger partial charge in [0.15, 0.2) is 0 Å². The molecule has 1 aliphatic rings. The molecule has 0 aromatic carbocycles. The average molecular weight is 319 g/mol. The second kappa shape index (κ2) is 19.2. The molecule has 105 valence electrons. The summed E-state index contributed by atoms with van der Waals surface area (Å²) < 4.78 is 0. The van der Waals surface area contributed by atoms with E-state index in [2.05, 4.69) is 64.3 Å². The molecule has 3 heteroatoms. The minimum Gasteiger partial charge on any atom is -0.116 e. The van der Waals surface area contributed by atoms with Crippen LogP contribution in [0.4, 0.5) is 0 Å². The summed E-state index contributed by atoms with van der Waals surface area (Å²) in [5, 5.41) is 0. The van der Waals surface area contributed by atoms with Crippen molar-refractivity contribution in [2.24, 2.45) is 0 Å². The van der Waals surface area contributed by atoms with Gasteiger partial charge in [-0.05, 0) is 65.7 Å². The summed E-state index contributed by atoms with van der Waals surface area (Å²) in [4.78, 5) is 0. The van der Waals surface area contributed by atoms with Crippen molar-refractivity contribution in [2.45, 2.75) is 25.7 Å². The molecule has 0 saturated carbocycles. The van der Waals surface area contributed by atoms with Crippen LogP contribution in [0, 0.1) is 0 Å². The average Bonchev–Trinajstić information content (AvgIpc) is 1.98. The molecule has 0 nitrogen and oxygen atoms in total. The van der Waals surface area contributed by atoms with E-state index in [0.29, 0.717) is 15.8 Å². The molecule has 0 aromatic rings. The van der Waals surface area contributed by atoms with Crippen LogP contribution < -0.4 is 0 Å². The number of allylic oxidation sites excluding steroid dienone is 4. The van der Waals surface area contributed by atoms with Crippen molar-refractivity contribution in [3.05, 3.63) is 24.3 Å². The SMILES string of the molecule is C1=CCC/C=C\CC1.CP(C)C.CP(C)C.[Co]. The molecule has 0 atom stereocenters. The van der Waals surface area contributed by atoms with Crippen molar-refractivity contribution in [1.82, 2.24) is 0 Å². The van der Waals surface area contributed by atoms with Gasteiger partial charge in [-0.3, -0.25) is 0 Å². The Morgan fingerprint density at radius 1 is 0.529 bits per heavy atom. The largest absolute Gasteiger partial charge is 0.116 e. The van der Waals surface area contributed by atoms with Crippen LogP contribution in [0.2, 0.25) is 0 Å². The minimum atomic E-state index is 0. The Balaban J connectivity index is -0.000000189. The molecule has 1 aliphatic carbocycles. The van der Waals surface area contributed by atoms with Crippen LogP contribution in [0.3, 0.4) is 0 Å². The van der Waals surface area contributed by atoms with E-state index in [-0.39, 0.29) is 16.8 Å². The Morgan fingerprint density at radius 3 is 0.765 bits per heavy atom. The maximum absolute atomic E-state index is 2.27. The maximum atomic E-state index is 2.27. The van der Waals surface area contributed by atoms with Crippen molar-refractivity contribution in [3.8, 4) is 0 Å². The van der Waals surface area contributed by atoms with Gasteiger partial charge in [-0.2, -0.15) is 0 Å². The summed E-state index contributed by atoms with van der Waals surface area (Å²) in [6, 6.07) is 0. The number of rotatable bonds is 0. The van der Waals surface area contributed by atoms with Gasteiger partial charge in [-0.15, -0.1) is 15.8 Å². The van der Waals surface area contributed by atoms with Gasteiger partial charge >= 0.3 is 0 Å². The van der Waals surface area contributed by atoms with Crippen molar-refractivity contribution in [2.75, 3.05) is 40.0 Å². The molecular formula is C14H30CoP2. The normalized spacial score (nSPS) is 15.5. The molecule has 0 aliphatic heterocycles. The molecule has 0 unspecified atom stereocenters. The third-order valence-corrected chi connectivity index (χ3v) is 1.33. The predicted octanol–water partition coefficient (Wildman–Crippen LogP) is 5.39. The Bertz CT molecular complexity index is 138. The van der Waals surface area contributed by atoms with Crippen LogP contribution >= 0.6 is 15.8 Å². The first-order valence-electron chi connectivity index (χ1n) is 5.98. The Kier molecular flexibility index (Phi) is 25.9. The van der Waals surface area contributed by atoms with E-state index in [1.165, 1.54) is 25.7 Å². The van der Waals surface area contributed by atoms with Crippen molar-refractivity contribution in [3.63, 3.8) is 0 Å². The molecule has 0 saturated heterocycles. The Hall–Kier alpha value is 0.846. The van der Waals surface area contributed by atoms with E-state index in [4.69, 9.17) is 0 Å². The first-order chi connectivity index (χ1) is 7.46. The summed E-state index contributed by atoms with van der Waals surface area (Å²) in [5.41, 5.74) is 0. The van der Waals surface area contributed by atoms with Crippen molar-refractivity contribution >= 4 is 15.8 Å². The topological polar surface area (TPSA) is 0 Å². The molecule has 1 rings (SSSR count). The standard InChI is InChI=1S/C8H12.2C3H9P.Co/c1-2-4-6-8-7-5-3-1;2*1-4(2)3;/h1-2,7-8H,3-6H2;2*1-3H3;/b2-1-,8-7?;;;. The van der Waals surface area contributed by atoms with Gasteiger partial charge in [0, 0.05) is 16.8 Å². The van der Waals surface area contributed by atoms with E-state index >= 15 is 0 Å². The molecule has 0 fully saturated rings. The Morgan fingerprint density at radius 2 is 0.647 bits per heavy atom. The van der Waals surface area contributed by atoms with E-state index in [9.17, 15) is 0 Å². The van der Waals surface area contributed by atoms with E-state index in [0.717, 1.165) is 0 Å². The van der Waals surface area contributed by atoms with Gasteiger partial charge in [0.1, 0.15) is 0 Å². The van der Waals surface area contributed by atoms with E-state index in [1.54, 1.807) is 0 Å². The van der Waals surface area contributed by atoms with Gasteiger partial charge in [0.2, 0.25) is 0 Å². The van der Waals surface area contributed by atoms with Crippen LogP contribution in [0.15, 0.2) is 24.3 Å². The zero-order valence-corrected chi connectivity index (χ0v) is 15.2. The fourth-order valence-corrected chi connectivity index (χ4v) is 0.856. The molecule has 17 heavy (non-hydrogen) atoms. The quantitative estimate of drug-likeness (QED) is 0.415. The van der Waals surface area contributed by atoms with Crippen LogP contribution in [0.1, 0.15) is 25.7 Å². The smallest absolute Gasteiger partial charge is 0 e. The van der Waals surface area contributed by atoms with Gasteiger partial charge in [0.25, 0.3) is 0 Å². The zero-order chi connectivity index (χ0) is 12.8. The van der Waals surface area contributed by atoms with Gasteiger partial charge < -0.3 is 0 Å². The van der Waals surface area contributed by atoms with Gasteiger partial charge in [-0.25, -0.2) is 0 Å².